The fourth-order valence-electron chi connectivity index (χ4n) is 3.34. The molecule has 0 bridgehead atoms. The second kappa shape index (κ2) is 10.6. The summed E-state index contributed by atoms with van der Waals surface area (Å²) in [5, 5.41) is 7.59. The Balaban J connectivity index is 2.04. The van der Waals surface area contributed by atoms with Crippen molar-refractivity contribution in [3.05, 3.63) is 66.0 Å². The molecule has 1 aromatic heterocycles. The number of nitrogens with one attached hydrogen (secondary N) is 1. The van der Waals surface area contributed by atoms with Crippen LogP contribution < -0.4 is 10.1 Å². The highest BCUT2D eigenvalue weighted by Crippen LogP contribution is 2.34. The molecule has 2 aromatic carbocycles. The third-order valence-electron chi connectivity index (χ3n) is 4.83. The van der Waals surface area contributed by atoms with Gasteiger partial charge in [0.2, 0.25) is 5.88 Å². The second-order valence-corrected chi connectivity index (χ2v) is 7.31. The molecule has 0 fully saturated rings. The zero-order valence-electron chi connectivity index (χ0n) is 18.3. The molecule has 0 aliphatic heterocycles. The van der Waals surface area contributed by atoms with Crippen LogP contribution in [0.25, 0.3) is 11.3 Å². The van der Waals surface area contributed by atoms with Crippen LogP contribution in [0.5, 0.6) is 11.6 Å². The normalized spacial score (nSPS) is 10.7. The van der Waals surface area contributed by atoms with Crippen LogP contribution in [0.15, 0.2) is 54.6 Å². The Morgan fingerprint density at radius 3 is 2.48 bits per heavy atom. The van der Waals surface area contributed by atoms with Gasteiger partial charge in [-0.1, -0.05) is 56.3 Å². The molecule has 0 aliphatic carbocycles. The van der Waals surface area contributed by atoms with Crippen molar-refractivity contribution in [1.82, 2.24) is 20.0 Å². The zero-order valence-corrected chi connectivity index (χ0v) is 18.3. The number of hydrogen-bond donors (Lipinski definition) is 1. The van der Waals surface area contributed by atoms with Gasteiger partial charge in [0.15, 0.2) is 11.6 Å². The van der Waals surface area contributed by atoms with Gasteiger partial charge < -0.3 is 15.0 Å². The maximum absolute atomic E-state index is 14.3. The number of carbonyl (C=O) groups is 1. The highest BCUT2D eigenvalue weighted by Gasteiger charge is 2.24. The number of halogens is 1. The maximum Gasteiger partial charge on any atom is 0.317 e. The van der Waals surface area contributed by atoms with Gasteiger partial charge in [-0.15, -0.1) is 0 Å². The monoisotopic (exact) mass is 424 g/mol. The lowest BCUT2D eigenvalue weighted by Gasteiger charge is -2.23. The summed E-state index contributed by atoms with van der Waals surface area (Å²) in [4.78, 5) is 14.5. The van der Waals surface area contributed by atoms with Gasteiger partial charge in [0.05, 0.1) is 12.1 Å². The third-order valence-corrected chi connectivity index (χ3v) is 4.83. The van der Waals surface area contributed by atoms with Crippen molar-refractivity contribution in [3.8, 4) is 22.9 Å². The average Bonchev–Trinajstić information content (AvgIpc) is 3.09. The first-order valence-electron chi connectivity index (χ1n) is 10.6. The molecule has 0 unspecified atom stereocenters. The van der Waals surface area contributed by atoms with E-state index in [9.17, 15) is 9.18 Å². The van der Waals surface area contributed by atoms with Crippen molar-refractivity contribution in [2.75, 3.05) is 13.1 Å². The second-order valence-electron chi connectivity index (χ2n) is 7.31. The number of carbonyl (C=O) groups excluding carboxylic acids is 1. The van der Waals surface area contributed by atoms with E-state index in [2.05, 4.69) is 10.4 Å². The van der Waals surface area contributed by atoms with Gasteiger partial charge in [0.25, 0.3) is 0 Å². The summed E-state index contributed by atoms with van der Waals surface area (Å²) in [6, 6.07) is 15.8. The maximum atomic E-state index is 14.3. The molecule has 0 radical (unpaired) electrons. The average molecular weight is 425 g/mol. The number of nitrogens with zero attached hydrogens (tertiary/aromatic N) is 3. The molecule has 0 saturated carbocycles. The van der Waals surface area contributed by atoms with E-state index in [4.69, 9.17) is 4.74 Å². The van der Waals surface area contributed by atoms with E-state index in [-0.39, 0.29) is 11.8 Å². The van der Waals surface area contributed by atoms with Crippen molar-refractivity contribution in [2.45, 2.75) is 33.2 Å². The number of aromatic nitrogens is 2. The van der Waals surface area contributed by atoms with Crippen LogP contribution in [0.1, 0.15) is 32.3 Å². The largest absolute Gasteiger partial charge is 0.436 e. The number of benzene rings is 2. The molecule has 0 saturated heterocycles. The molecule has 164 valence electrons. The lowest BCUT2D eigenvalue weighted by atomic mass is 10.1. The Hall–Kier alpha value is -3.35. The third kappa shape index (κ3) is 5.42. The van der Waals surface area contributed by atoms with Crippen LogP contribution in [0.3, 0.4) is 0 Å². The van der Waals surface area contributed by atoms with Crippen molar-refractivity contribution < 1.29 is 13.9 Å². The number of para-hydroxylation sites is 1. The molecule has 0 atom stereocenters. The minimum atomic E-state index is -0.456. The van der Waals surface area contributed by atoms with E-state index in [1.165, 1.54) is 6.07 Å². The molecule has 3 aromatic rings. The van der Waals surface area contributed by atoms with Gasteiger partial charge in [-0.2, -0.15) is 5.10 Å². The Labute approximate surface area is 182 Å². The van der Waals surface area contributed by atoms with Crippen LogP contribution in [0, 0.1) is 5.82 Å². The standard InChI is InChI=1S/C24H29FN4O2/c1-4-15-26-24(30)29(16-5-2)17-19-22(18-11-7-6-8-12-18)27-28(3)23(19)31-21-14-10-9-13-20(21)25/h6-14H,4-5,15-17H2,1-3H3,(H,26,30). The smallest absolute Gasteiger partial charge is 0.317 e. The van der Waals surface area contributed by atoms with Gasteiger partial charge in [-0.3, -0.25) is 0 Å². The number of rotatable bonds is 9. The summed E-state index contributed by atoms with van der Waals surface area (Å²) in [6.07, 6.45) is 1.67. The zero-order chi connectivity index (χ0) is 22.2. The first-order valence-corrected chi connectivity index (χ1v) is 10.6. The van der Waals surface area contributed by atoms with Crippen molar-refractivity contribution in [3.63, 3.8) is 0 Å². The van der Waals surface area contributed by atoms with E-state index < -0.39 is 5.82 Å². The highest BCUT2D eigenvalue weighted by atomic mass is 19.1. The van der Waals surface area contributed by atoms with Crippen LogP contribution in [0.4, 0.5) is 9.18 Å². The predicted octanol–water partition coefficient (Wildman–Crippen LogP) is 5.35. The summed E-state index contributed by atoms with van der Waals surface area (Å²) in [5.74, 6) is 0.0687. The van der Waals surface area contributed by atoms with Gasteiger partial charge in [0.1, 0.15) is 5.69 Å². The van der Waals surface area contributed by atoms with Crippen molar-refractivity contribution >= 4 is 6.03 Å². The van der Waals surface area contributed by atoms with Crippen molar-refractivity contribution in [2.24, 2.45) is 7.05 Å². The molecule has 6 nitrogen and oxygen atoms in total. The Kier molecular flexibility index (Phi) is 7.65. The molecule has 31 heavy (non-hydrogen) atoms. The molecule has 1 heterocycles. The fourth-order valence-corrected chi connectivity index (χ4v) is 3.34. The van der Waals surface area contributed by atoms with Crippen LogP contribution in [-0.4, -0.2) is 33.8 Å². The lowest BCUT2D eigenvalue weighted by Crippen LogP contribution is -2.40. The predicted molar refractivity (Wildman–Crippen MR) is 120 cm³/mol. The van der Waals surface area contributed by atoms with Gasteiger partial charge in [0, 0.05) is 25.7 Å². The number of amides is 2. The summed E-state index contributed by atoms with van der Waals surface area (Å²) < 4.78 is 21.9. The topological polar surface area (TPSA) is 59.4 Å². The van der Waals surface area contributed by atoms with E-state index >= 15 is 0 Å². The number of urea groups is 1. The molecule has 1 N–H and O–H groups in total. The van der Waals surface area contributed by atoms with Crippen LogP contribution in [-0.2, 0) is 13.6 Å². The summed E-state index contributed by atoms with van der Waals surface area (Å²) in [7, 11) is 1.76. The Bertz CT molecular complexity index is 1000. The van der Waals surface area contributed by atoms with E-state index in [1.807, 2.05) is 44.2 Å². The highest BCUT2D eigenvalue weighted by molar-refractivity contribution is 5.75. The number of hydrogen-bond acceptors (Lipinski definition) is 3. The molecular formula is C24H29FN4O2. The fraction of sp³-hybridized carbons (Fsp3) is 0.333. The Morgan fingerprint density at radius 2 is 1.81 bits per heavy atom. The van der Waals surface area contributed by atoms with Crippen LogP contribution in [0.2, 0.25) is 0 Å². The van der Waals surface area contributed by atoms with E-state index in [1.54, 1.807) is 34.8 Å². The number of aryl methyl sites for hydroxylation is 1. The first kappa shape index (κ1) is 22.3. The molecule has 0 spiro atoms. The molecule has 7 heteroatoms. The minimum Gasteiger partial charge on any atom is -0.436 e. The molecule has 3 rings (SSSR count). The number of ether oxygens (including phenoxy) is 1. The molecule has 2 amide bonds. The van der Waals surface area contributed by atoms with E-state index in [0.717, 1.165) is 24.0 Å². The van der Waals surface area contributed by atoms with Gasteiger partial charge in [-0.25, -0.2) is 13.9 Å². The Morgan fingerprint density at radius 1 is 1.10 bits per heavy atom. The quantitative estimate of drug-likeness (QED) is 0.504. The molecular weight excluding hydrogens is 395 g/mol. The van der Waals surface area contributed by atoms with Crippen LogP contribution >= 0.6 is 0 Å². The van der Waals surface area contributed by atoms with Gasteiger partial charge >= 0.3 is 6.03 Å². The summed E-state index contributed by atoms with van der Waals surface area (Å²) in [5.41, 5.74) is 2.35. The van der Waals surface area contributed by atoms with E-state index in [0.29, 0.717) is 31.2 Å². The summed E-state index contributed by atoms with van der Waals surface area (Å²) in [6.45, 7) is 5.52. The first-order chi connectivity index (χ1) is 15.0. The van der Waals surface area contributed by atoms with Gasteiger partial charge in [-0.05, 0) is 25.0 Å². The lowest BCUT2D eigenvalue weighted by molar-refractivity contribution is 0.194. The minimum absolute atomic E-state index is 0.115. The molecule has 0 aliphatic rings. The SMILES string of the molecule is CCCNC(=O)N(CCC)Cc1c(-c2ccccc2)nn(C)c1Oc1ccccc1F. The van der Waals surface area contributed by atoms with Crippen molar-refractivity contribution in [1.29, 1.82) is 0 Å². The summed E-state index contributed by atoms with van der Waals surface area (Å²) >= 11 is 0.